The highest BCUT2D eigenvalue weighted by molar-refractivity contribution is 6.31. The van der Waals surface area contributed by atoms with Gasteiger partial charge in [-0.25, -0.2) is 0 Å². The fourth-order valence-electron chi connectivity index (χ4n) is 3.62. The van der Waals surface area contributed by atoms with Gasteiger partial charge in [0.25, 0.3) is 0 Å². The summed E-state index contributed by atoms with van der Waals surface area (Å²) in [6.45, 7) is -0.733. The summed E-state index contributed by atoms with van der Waals surface area (Å²) in [5.74, 6) is 0.0705. The molecule has 35 heavy (non-hydrogen) atoms. The van der Waals surface area contributed by atoms with E-state index in [1.165, 1.54) is 24.3 Å². The van der Waals surface area contributed by atoms with Crippen LogP contribution in [-0.2, 0) is 12.6 Å². The Kier molecular flexibility index (Phi) is 6.79. The van der Waals surface area contributed by atoms with Gasteiger partial charge >= 0.3 is 6.18 Å². The van der Waals surface area contributed by atoms with E-state index >= 15 is 0 Å². The van der Waals surface area contributed by atoms with Crippen molar-refractivity contribution < 1.29 is 32.5 Å². The Morgan fingerprint density at radius 3 is 2.29 bits per heavy atom. The summed E-state index contributed by atoms with van der Waals surface area (Å²) in [6.07, 6.45) is -3.87. The molecule has 0 saturated heterocycles. The Labute approximate surface area is 202 Å². The van der Waals surface area contributed by atoms with Gasteiger partial charge in [0.1, 0.15) is 22.7 Å². The molecule has 0 radical (unpaired) electrons. The Hall–Kier alpha value is -3.11. The summed E-state index contributed by atoms with van der Waals surface area (Å²) in [7, 11) is 0. The molecule has 0 amide bonds. The molecule has 0 unspecified atom stereocenters. The Balaban J connectivity index is 1.65. The standard InChI is InChI=1S/C25H21ClF3NO5/c26-20-5-2-16(11-19(20)25(27,28)29)34-15-3-6-21-18(10-15)23(33)17-4-1-14(9-22(17)35-21)7-8-24(30,12-31)13-32/h1-6,9-11,31-32H,7-8,12-13,30H2. The summed E-state index contributed by atoms with van der Waals surface area (Å²) in [5, 5.41) is 18.8. The van der Waals surface area contributed by atoms with Crippen molar-refractivity contribution in [1.29, 1.82) is 0 Å². The van der Waals surface area contributed by atoms with Gasteiger partial charge in [0.15, 0.2) is 0 Å². The first kappa shape index (κ1) is 25.0. The van der Waals surface area contributed by atoms with Crippen molar-refractivity contribution in [1.82, 2.24) is 0 Å². The number of alkyl halides is 3. The molecule has 0 saturated carbocycles. The SMILES string of the molecule is NC(CO)(CO)CCc1ccc2c(=O)c3cc(Oc4ccc(Cl)c(C(F)(F)F)c4)ccc3oc2c1. The Morgan fingerprint density at radius 1 is 0.914 bits per heavy atom. The molecule has 0 aliphatic rings. The van der Waals surface area contributed by atoms with E-state index < -0.39 is 22.3 Å². The van der Waals surface area contributed by atoms with Gasteiger partial charge in [-0.2, -0.15) is 13.2 Å². The van der Waals surface area contributed by atoms with Crippen LogP contribution in [0.25, 0.3) is 21.9 Å². The fraction of sp³-hybridized carbons (Fsp3) is 0.240. The molecule has 0 aliphatic heterocycles. The zero-order valence-corrected chi connectivity index (χ0v) is 19.0. The summed E-state index contributed by atoms with van der Waals surface area (Å²) in [4.78, 5) is 13.1. The number of aliphatic hydroxyl groups excluding tert-OH is 2. The molecule has 10 heteroatoms. The minimum absolute atomic E-state index is 0.0855. The topological polar surface area (TPSA) is 106 Å². The summed E-state index contributed by atoms with van der Waals surface area (Å²) >= 11 is 5.65. The van der Waals surface area contributed by atoms with Gasteiger partial charge in [-0.05, 0) is 66.9 Å². The lowest BCUT2D eigenvalue weighted by Crippen LogP contribution is -2.47. The van der Waals surface area contributed by atoms with Gasteiger partial charge in [0, 0.05) is 0 Å². The molecule has 6 nitrogen and oxygen atoms in total. The van der Waals surface area contributed by atoms with E-state index in [-0.39, 0.29) is 41.1 Å². The summed E-state index contributed by atoms with van der Waals surface area (Å²) < 4.78 is 50.8. The molecule has 0 atom stereocenters. The minimum atomic E-state index is -4.64. The maximum atomic E-state index is 13.1. The van der Waals surface area contributed by atoms with Crippen LogP contribution in [0.5, 0.6) is 11.5 Å². The van der Waals surface area contributed by atoms with Crippen molar-refractivity contribution in [2.24, 2.45) is 5.73 Å². The highest BCUT2D eigenvalue weighted by Gasteiger charge is 2.33. The average molecular weight is 508 g/mol. The number of aryl methyl sites for hydroxylation is 1. The van der Waals surface area contributed by atoms with E-state index in [0.29, 0.717) is 23.8 Å². The zero-order chi connectivity index (χ0) is 25.4. The van der Waals surface area contributed by atoms with Crippen molar-refractivity contribution in [3.05, 3.63) is 81.0 Å². The zero-order valence-electron chi connectivity index (χ0n) is 18.2. The predicted molar refractivity (Wildman–Crippen MR) is 126 cm³/mol. The van der Waals surface area contributed by atoms with Crippen LogP contribution < -0.4 is 15.9 Å². The minimum Gasteiger partial charge on any atom is -0.457 e. The Morgan fingerprint density at radius 2 is 1.60 bits per heavy atom. The molecule has 184 valence electrons. The smallest absolute Gasteiger partial charge is 0.417 e. The molecule has 0 fully saturated rings. The van der Waals surface area contributed by atoms with Crippen LogP contribution in [0, 0.1) is 0 Å². The second kappa shape index (κ2) is 9.50. The van der Waals surface area contributed by atoms with Gasteiger partial charge < -0.3 is 25.1 Å². The van der Waals surface area contributed by atoms with E-state index in [4.69, 9.17) is 26.5 Å². The van der Waals surface area contributed by atoms with Crippen molar-refractivity contribution >= 4 is 33.5 Å². The van der Waals surface area contributed by atoms with Crippen LogP contribution in [-0.4, -0.2) is 29.0 Å². The molecule has 4 rings (SSSR count). The van der Waals surface area contributed by atoms with Gasteiger partial charge in [0.2, 0.25) is 5.43 Å². The summed E-state index contributed by atoms with van der Waals surface area (Å²) in [6, 6.07) is 12.6. The lowest BCUT2D eigenvalue weighted by molar-refractivity contribution is -0.137. The number of benzene rings is 3. The summed E-state index contributed by atoms with van der Waals surface area (Å²) in [5.41, 5.74) is 4.88. The fourth-order valence-corrected chi connectivity index (χ4v) is 3.84. The van der Waals surface area contributed by atoms with Crippen molar-refractivity contribution in [2.45, 2.75) is 24.6 Å². The van der Waals surface area contributed by atoms with Crippen molar-refractivity contribution in [3.8, 4) is 11.5 Å². The molecule has 0 bridgehead atoms. The number of hydrogen-bond donors (Lipinski definition) is 3. The van der Waals surface area contributed by atoms with E-state index in [1.54, 1.807) is 18.2 Å². The largest absolute Gasteiger partial charge is 0.457 e. The lowest BCUT2D eigenvalue weighted by Gasteiger charge is -2.24. The number of rotatable bonds is 7. The second-order valence-electron chi connectivity index (χ2n) is 8.34. The molecule has 0 aliphatic carbocycles. The molecule has 0 spiro atoms. The van der Waals surface area contributed by atoms with E-state index in [2.05, 4.69) is 0 Å². The first-order chi connectivity index (χ1) is 16.5. The van der Waals surface area contributed by atoms with Gasteiger partial charge in [-0.15, -0.1) is 0 Å². The molecule has 4 N–H and O–H groups in total. The maximum absolute atomic E-state index is 13.1. The average Bonchev–Trinajstić information content (AvgIpc) is 2.83. The first-order valence-electron chi connectivity index (χ1n) is 10.6. The number of fused-ring (bicyclic) bond motifs is 2. The van der Waals surface area contributed by atoms with Crippen LogP contribution >= 0.6 is 11.6 Å². The number of ether oxygens (including phenoxy) is 1. The third-order valence-electron chi connectivity index (χ3n) is 5.73. The van der Waals surface area contributed by atoms with Crippen molar-refractivity contribution in [3.63, 3.8) is 0 Å². The van der Waals surface area contributed by atoms with Crippen LogP contribution in [0.3, 0.4) is 0 Å². The molecule has 3 aromatic carbocycles. The number of aliphatic hydroxyl groups is 2. The number of nitrogens with two attached hydrogens (primary N) is 1. The predicted octanol–water partition coefficient (Wildman–Crippen LogP) is 5.03. The second-order valence-corrected chi connectivity index (χ2v) is 8.75. The van der Waals surface area contributed by atoms with Crippen molar-refractivity contribution in [2.75, 3.05) is 13.2 Å². The molecular formula is C25H21ClF3NO5. The van der Waals surface area contributed by atoms with Crippen LogP contribution in [0.1, 0.15) is 17.5 Å². The highest BCUT2D eigenvalue weighted by atomic mass is 35.5. The molecule has 4 aromatic rings. The van der Waals surface area contributed by atoms with Gasteiger partial charge in [-0.1, -0.05) is 17.7 Å². The van der Waals surface area contributed by atoms with E-state index in [1.807, 2.05) is 0 Å². The quantitative estimate of drug-likeness (QED) is 0.303. The van der Waals surface area contributed by atoms with Crippen LogP contribution in [0.2, 0.25) is 5.02 Å². The third kappa shape index (κ3) is 5.28. The molecule has 1 heterocycles. The number of halogens is 4. The van der Waals surface area contributed by atoms with E-state index in [9.17, 15) is 28.2 Å². The van der Waals surface area contributed by atoms with Crippen LogP contribution in [0.4, 0.5) is 13.2 Å². The highest BCUT2D eigenvalue weighted by Crippen LogP contribution is 2.38. The van der Waals surface area contributed by atoms with Gasteiger partial charge in [-0.3, -0.25) is 4.79 Å². The normalized spacial score (nSPS) is 12.4. The first-order valence-corrected chi connectivity index (χ1v) is 11.0. The van der Waals surface area contributed by atoms with Crippen LogP contribution in [0.15, 0.2) is 63.8 Å². The molecular weight excluding hydrogens is 487 g/mol. The molecule has 1 aromatic heterocycles. The van der Waals surface area contributed by atoms with Gasteiger partial charge in [0.05, 0.1) is 40.1 Å². The Bertz CT molecular complexity index is 1450. The monoisotopic (exact) mass is 507 g/mol. The maximum Gasteiger partial charge on any atom is 0.417 e. The van der Waals surface area contributed by atoms with E-state index in [0.717, 1.165) is 17.7 Å². The lowest BCUT2D eigenvalue weighted by atomic mass is 9.93. The third-order valence-corrected chi connectivity index (χ3v) is 6.06. The number of hydrogen-bond acceptors (Lipinski definition) is 6.